The Morgan fingerprint density at radius 2 is 1.97 bits per heavy atom. The molecule has 0 unspecified atom stereocenters. The third-order valence-electron chi connectivity index (χ3n) is 4.39. The predicted octanol–water partition coefficient (Wildman–Crippen LogP) is 4.73. The van der Waals surface area contributed by atoms with Gasteiger partial charge in [-0.05, 0) is 30.3 Å². The molecule has 1 aromatic heterocycles. The van der Waals surface area contributed by atoms with Gasteiger partial charge < -0.3 is 19.5 Å². The van der Waals surface area contributed by atoms with Crippen molar-refractivity contribution in [2.45, 2.75) is 31.4 Å². The summed E-state index contributed by atoms with van der Waals surface area (Å²) in [5.41, 5.74) is -0.730. The van der Waals surface area contributed by atoms with Gasteiger partial charge in [0.25, 0.3) is 0 Å². The summed E-state index contributed by atoms with van der Waals surface area (Å²) >= 11 is 1.15. The molecule has 11 heteroatoms. The minimum Gasteiger partial charge on any atom is -0.489 e. The van der Waals surface area contributed by atoms with Gasteiger partial charge in [-0.25, -0.2) is 4.79 Å². The SMILES string of the molecule is O=C(O)c1csc(N2C[C@@H](Oc3ccc(C(F)(F)F)cc3)C[C@H]2COC(F)F)c1. The van der Waals surface area contributed by atoms with Gasteiger partial charge in [-0.3, -0.25) is 0 Å². The Kier molecular flexibility index (Phi) is 6.27. The highest BCUT2D eigenvalue weighted by molar-refractivity contribution is 7.14. The number of hydrogen-bond acceptors (Lipinski definition) is 5. The highest BCUT2D eigenvalue weighted by Crippen LogP contribution is 2.34. The maximum absolute atomic E-state index is 12.7. The number of ether oxygens (including phenoxy) is 2. The molecule has 0 radical (unpaired) electrons. The first-order chi connectivity index (χ1) is 13.6. The van der Waals surface area contributed by atoms with Crippen molar-refractivity contribution in [3.63, 3.8) is 0 Å². The van der Waals surface area contributed by atoms with Crippen LogP contribution >= 0.6 is 11.3 Å². The molecule has 1 saturated heterocycles. The van der Waals surface area contributed by atoms with Crippen LogP contribution in [-0.2, 0) is 10.9 Å². The Morgan fingerprint density at radius 1 is 1.28 bits per heavy atom. The molecule has 2 atom stereocenters. The molecule has 1 aliphatic heterocycles. The zero-order valence-corrected chi connectivity index (χ0v) is 15.6. The van der Waals surface area contributed by atoms with Crippen LogP contribution in [0.4, 0.5) is 27.0 Å². The zero-order chi connectivity index (χ0) is 21.2. The summed E-state index contributed by atoms with van der Waals surface area (Å²) in [4.78, 5) is 12.8. The number of benzene rings is 1. The number of nitrogens with zero attached hydrogens (tertiary/aromatic N) is 1. The second-order valence-electron chi connectivity index (χ2n) is 6.38. The number of alkyl halides is 5. The molecule has 29 heavy (non-hydrogen) atoms. The first-order valence-electron chi connectivity index (χ1n) is 8.45. The van der Waals surface area contributed by atoms with E-state index < -0.39 is 36.5 Å². The number of aromatic carboxylic acids is 1. The lowest BCUT2D eigenvalue weighted by Crippen LogP contribution is -2.33. The summed E-state index contributed by atoms with van der Waals surface area (Å²) in [5, 5.41) is 11.1. The van der Waals surface area contributed by atoms with Crippen molar-refractivity contribution in [2.24, 2.45) is 0 Å². The van der Waals surface area contributed by atoms with Crippen LogP contribution in [0.1, 0.15) is 22.3 Å². The van der Waals surface area contributed by atoms with Crippen LogP contribution in [0.5, 0.6) is 5.75 Å². The molecule has 1 aliphatic rings. The number of halogens is 5. The Morgan fingerprint density at radius 3 is 2.52 bits per heavy atom. The van der Waals surface area contributed by atoms with Gasteiger partial charge in [0.2, 0.25) is 0 Å². The van der Waals surface area contributed by atoms with Crippen molar-refractivity contribution in [2.75, 3.05) is 18.1 Å². The summed E-state index contributed by atoms with van der Waals surface area (Å²) in [6, 6.07) is 5.13. The first-order valence-corrected chi connectivity index (χ1v) is 9.33. The summed E-state index contributed by atoms with van der Waals surface area (Å²) < 4.78 is 73.1. The highest BCUT2D eigenvalue weighted by atomic mass is 32.1. The zero-order valence-electron chi connectivity index (χ0n) is 14.7. The van der Waals surface area contributed by atoms with Crippen molar-refractivity contribution in [3.8, 4) is 5.75 Å². The van der Waals surface area contributed by atoms with Gasteiger partial charge >= 0.3 is 18.8 Å². The maximum atomic E-state index is 12.7. The fourth-order valence-corrected chi connectivity index (χ4v) is 4.04. The molecule has 0 aliphatic carbocycles. The van der Waals surface area contributed by atoms with E-state index in [0.29, 0.717) is 5.00 Å². The number of carboxylic acid groups (broad SMARTS) is 1. The third kappa shape index (κ3) is 5.36. The number of carbonyl (C=O) groups is 1. The van der Waals surface area contributed by atoms with Crippen molar-refractivity contribution in [1.82, 2.24) is 0 Å². The van der Waals surface area contributed by atoms with E-state index in [2.05, 4.69) is 4.74 Å². The van der Waals surface area contributed by atoms with Gasteiger partial charge in [0.15, 0.2) is 0 Å². The quantitative estimate of drug-likeness (QED) is 0.635. The smallest absolute Gasteiger partial charge is 0.416 e. The average molecular weight is 437 g/mol. The molecule has 158 valence electrons. The van der Waals surface area contributed by atoms with Crippen LogP contribution in [-0.4, -0.2) is 43.0 Å². The van der Waals surface area contributed by atoms with E-state index in [1.165, 1.54) is 23.6 Å². The normalized spacial score (nSPS) is 19.7. The number of anilines is 1. The molecule has 5 nitrogen and oxygen atoms in total. The van der Waals surface area contributed by atoms with Crippen LogP contribution in [0.3, 0.4) is 0 Å². The second-order valence-corrected chi connectivity index (χ2v) is 7.27. The van der Waals surface area contributed by atoms with Gasteiger partial charge in [0, 0.05) is 11.8 Å². The van der Waals surface area contributed by atoms with E-state index >= 15 is 0 Å². The second kappa shape index (κ2) is 8.54. The van der Waals surface area contributed by atoms with Gasteiger partial charge in [0.05, 0.1) is 35.3 Å². The lowest BCUT2D eigenvalue weighted by Gasteiger charge is -2.24. The van der Waals surface area contributed by atoms with Gasteiger partial charge in [0.1, 0.15) is 11.9 Å². The molecular weight excluding hydrogens is 421 g/mol. The third-order valence-corrected chi connectivity index (χ3v) is 5.36. The van der Waals surface area contributed by atoms with Crippen LogP contribution in [0.25, 0.3) is 0 Å². The maximum Gasteiger partial charge on any atom is 0.416 e. The Balaban J connectivity index is 1.72. The minimum absolute atomic E-state index is 0.0747. The Hall–Kier alpha value is -2.40. The number of carboxylic acids is 1. The van der Waals surface area contributed by atoms with Crippen LogP contribution < -0.4 is 9.64 Å². The molecule has 2 aromatic rings. The van der Waals surface area contributed by atoms with Crippen LogP contribution in [0.15, 0.2) is 35.7 Å². The van der Waals surface area contributed by atoms with E-state index in [4.69, 9.17) is 9.84 Å². The predicted molar refractivity (Wildman–Crippen MR) is 94.8 cm³/mol. The lowest BCUT2D eigenvalue weighted by atomic mass is 10.2. The molecule has 0 bridgehead atoms. The molecule has 0 amide bonds. The van der Waals surface area contributed by atoms with Gasteiger partial charge in [-0.1, -0.05) is 0 Å². The standard InChI is InChI=1S/C18H16F5NO4S/c19-17(20)27-8-12-6-14(7-24(12)15-5-10(9-29-15)16(25)26)28-13-3-1-11(2-4-13)18(21,22)23/h1-5,9,12,14,17H,6-8H2,(H,25,26)/t12-,14-/m0/s1. The monoisotopic (exact) mass is 437 g/mol. The average Bonchev–Trinajstić information content (AvgIpc) is 3.26. The summed E-state index contributed by atoms with van der Waals surface area (Å²) in [5.74, 6) is -0.889. The summed E-state index contributed by atoms with van der Waals surface area (Å²) in [7, 11) is 0. The van der Waals surface area contributed by atoms with Crippen LogP contribution in [0.2, 0.25) is 0 Å². The van der Waals surface area contributed by atoms with Crippen LogP contribution in [0, 0.1) is 0 Å². The molecule has 1 fully saturated rings. The van der Waals surface area contributed by atoms with Gasteiger partial charge in [-0.15, -0.1) is 11.3 Å². The molecule has 3 rings (SSSR count). The number of hydrogen-bond donors (Lipinski definition) is 1. The van der Waals surface area contributed by atoms with Crippen molar-refractivity contribution in [1.29, 1.82) is 0 Å². The minimum atomic E-state index is -4.46. The Bertz CT molecular complexity index is 840. The van der Waals surface area contributed by atoms with Crippen molar-refractivity contribution >= 4 is 22.3 Å². The van der Waals surface area contributed by atoms with Crippen molar-refractivity contribution in [3.05, 3.63) is 46.8 Å². The van der Waals surface area contributed by atoms with E-state index in [9.17, 15) is 26.7 Å². The first kappa shape index (κ1) is 21.3. The summed E-state index contributed by atoms with van der Waals surface area (Å²) in [6.07, 6.45) is -4.66. The Labute approximate surface area is 166 Å². The summed E-state index contributed by atoms with van der Waals surface area (Å²) in [6.45, 7) is -3.01. The van der Waals surface area contributed by atoms with E-state index in [-0.39, 0.29) is 30.9 Å². The fourth-order valence-electron chi connectivity index (χ4n) is 3.07. The molecule has 0 saturated carbocycles. The van der Waals surface area contributed by atoms with E-state index in [1.54, 1.807) is 4.90 Å². The lowest BCUT2D eigenvalue weighted by molar-refractivity contribution is -0.137. The molecule has 1 aromatic carbocycles. The molecule has 1 N–H and O–H groups in total. The fraction of sp³-hybridized carbons (Fsp3) is 0.389. The molecular formula is C18H16F5NO4S. The van der Waals surface area contributed by atoms with Gasteiger partial charge in [-0.2, -0.15) is 22.0 Å². The van der Waals surface area contributed by atoms with E-state index in [0.717, 1.165) is 23.5 Å². The largest absolute Gasteiger partial charge is 0.489 e. The topological polar surface area (TPSA) is 59.0 Å². The number of thiophene rings is 1. The molecule has 2 heterocycles. The number of rotatable bonds is 7. The molecule has 0 spiro atoms. The van der Waals surface area contributed by atoms with Crippen molar-refractivity contribution < 1.29 is 41.3 Å². The highest BCUT2D eigenvalue weighted by Gasteiger charge is 2.36. The van der Waals surface area contributed by atoms with E-state index in [1.807, 2.05) is 0 Å².